The first-order valence-corrected chi connectivity index (χ1v) is 8.83. The van der Waals surface area contributed by atoms with Crippen molar-refractivity contribution in [2.24, 2.45) is 10.7 Å². The number of carbonyl (C=O) groups is 1. The van der Waals surface area contributed by atoms with Crippen molar-refractivity contribution in [3.05, 3.63) is 42.0 Å². The van der Waals surface area contributed by atoms with Gasteiger partial charge in [-0.3, -0.25) is 10.3 Å². The van der Waals surface area contributed by atoms with Crippen LogP contribution in [-0.4, -0.2) is 36.5 Å². The van der Waals surface area contributed by atoms with Crippen molar-refractivity contribution in [1.82, 2.24) is 10.2 Å². The minimum atomic E-state index is -0.173. The van der Waals surface area contributed by atoms with E-state index in [9.17, 15) is 4.79 Å². The standard InChI is InChI=1S/C19H28N4O/c20-18-21-14-8-3-1-2-4-9-15-23(19(24)22-18)16-10-13-17-11-6-5-7-12-17/h5-7,10-13H,1-4,8-9,14-16H2,(H3,20,21,22,24)/b13-10+. The zero-order chi connectivity index (χ0) is 17.0. The number of rotatable bonds is 3. The van der Waals surface area contributed by atoms with Gasteiger partial charge in [0.05, 0.1) is 0 Å². The molecule has 24 heavy (non-hydrogen) atoms. The van der Waals surface area contributed by atoms with Crippen LogP contribution in [0.2, 0.25) is 0 Å². The van der Waals surface area contributed by atoms with Crippen LogP contribution >= 0.6 is 0 Å². The van der Waals surface area contributed by atoms with Gasteiger partial charge in [-0.05, 0) is 18.4 Å². The molecule has 2 amide bonds. The van der Waals surface area contributed by atoms with Crippen LogP contribution in [-0.2, 0) is 0 Å². The van der Waals surface area contributed by atoms with Gasteiger partial charge in [0.15, 0.2) is 5.96 Å². The first kappa shape index (κ1) is 18.0. The predicted octanol–water partition coefficient (Wildman–Crippen LogP) is 3.38. The molecule has 1 aliphatic rings. The molecule has 0 aliphatic carbocycles. The fraction of sp³-hybridized carbons (Fsp3) is 0.474. The van der Waals surface area contributed by atoms with Crippen molar-refractivity contribution in [3.63, 3.8) is 0 Å². The Labute approximate surface area is 144 Å². The Morgan fingerprint density at radius 2 is 1.79 bits per heavy atom. The number of hydrogen-bond donors (Lipinski definition) is 2. The molecule has 5 heteroatoms. The van der Waals surface area contributed by atoms with E-state index in [2.05, 4.69) is 10.3 Å². The van der Waals surface area contributed by atoms with Crippen molar-refractivity contribution in [3.8, 4) is 0 Å². The lowest BCUT2D eigenvalue weighted by Gasteiger charge is -2.21. The van der Waals surface area contributed by atoms with Crippen LogP contribution in [0.3, 0.4) is 0 Å². The maximum absolute atomic E-state index is 12.4. The molecule has 2 rings (SSSR count). The van der Waals surface area contributed by atoms with Gasteiger partial charge in [0.2, 0.25) is 0 Å². The number of nitrogens with two attached hydrogens (primary N) is 1. The van der Waals surface area contributed by atoms with Gasteiger partial charge in [-0.1, -0.05) is 68.2 Å². The highest BCUT2D eigenvalue weighted by atomic mass is 16.2. The Bertz CT molecular complexity index is 554. The van der Waals surface area contributed by atoms with E-state index in [-0.39, 0.29) is 12.0 Å². The van der Waals surface area contributed by atoms with Crippen LogP contribution in [0, 0.1) is 0 Å². The van der Waals surface area contributed by atoms with Crippen LogP contribution in [0.15, 0.2) is 41.4 Å². The summed E-state index contributed by atoms with van der Waals surface area (Å²) in [6, 6.07) is 9.91. The molecule has 130 valence electrons. The number of guanidine groups is 1. The van der Waals surface area contributed by atoms with Crippen LogP contribution < -0.4 is 11.1 Å². The van der Waals surface area contributed by atoms with Crippen molar-refractivity contribution >= 4 is 18.1 Å². The largest absolute Gasteiger partial charge is 0.370 e. The van der Waals surface area contributed by atoms with Crippen LogP contribution in [0.5, 0.6) is 0 Å². The summed E-state index contributed by atoms with van der Waals surface area (Å²) in [4.78, 5) is 18.4. The maximum atomic E-state index is 12.4. The van der Waals surface area contributed by atoms with Gasteiger partial charge < -0.3 is 10.6 Å². The van der Waals surface area contributed by atoms with E-state index >= 15 is 0 Å². The normalized spacial score (nSPS) is 18.2. The third kappa shape index (κ3) is 6.86. The van der Waals surface area contributed by atoms with E-state index in [0.717, 1.165) is 31.4 Å². The molecular formula is C19H28N4O. The number of amides is 2. The molecule has 0 saturated heterocycles. The molecule has 0 bridgehead atoms. The number of nitrogens with zero attached hydrogens (tertiary/aromatic N) is 2. The summed E-state index contributed by atoms with van der Waals surface area (Å²) in [5.74, 6) is 0.219. The Kier molecular flexibility index (Phi) is 7.87. The molecule has 0 fully saturated rings. The van der Waals surface area contributed by atoms with Gasteiger partial charge in [0.1, 0.15) is 0 Å². The van der Waals surface area contributed by atoms with Gasteiger partial charge in [-0.15, -0.1) is 0 Å². The highest BCUT2D eigenvalue weighted by Crippen LogP contribution is 2.08. The van der Waals surface area contributed by atoms with Gasteiger partial charge in [-0.25, -0.2) is 4.79 Å². The monoisotopic (exact) mass is 328 g/mol. The SMILES string of the molecule is NC1=NCCCCCCCCN(C/C=C/c2ccccc2)C(=O)N1. The number of urea groups is 1. The number of hydrogen-bond acceptors (Lipinski definition) is 3. The number of aliphatic imine (C=N–C) groups is 1. The maximum Gasteiger partial charge on any atom is 0.324 e. The smallest absolute Gasteiger partial charge is 0.324 e. The van der Waals surface area contributed by atoms with E-state index < -0.39 is 0 Å². The molecule has 1 aromatic rings. The van der Waals surface area contributed by atoms with E-state index in [4.69, 9.17) is 5.73 Å². The van der Waals surface area contributed by atoms with E-state index in [0.29, 0.717) is 13.1 Å². The lowest BCUT2D eigenvalue weighted by Crippen LogP contribution is -2.46. The highest BCUT2D eigenvalue weighted by molar-refractivity contribution is 5.95. The average Bonchev–Trinajstić information content (AvgIpc) is 2.60. The highest BCUT2D eigenvalue weighted by Gasteiger charge is 2.13. The van der Waals surface area contributed by atoms with Crippen molar-refractivity contribution < 1.29 is 4.79 Å². The number of carbonyl (C=O) groups excluding carboxylic acids is 1. The summed E-state index contributed by atoms with van der Waals surface area (Å²) in [5.41, 5.74) is 6.93. The van der Waals surface area contributed by atoms with Crippen molar-refractivity contribution in [2.75, 3.05) is 19.6 Å². The fourth-order valence-electron chi connectivity index (χ4n) is 2.71. The molecule has 1 aromatic carbocycles. The molecule has 0 spiro atoms. The zero-order valence-electron chi connectivity index (χ0n) is 14.3. The van der Waals surface area contributed by atoms with Gasteiger partial charge in [0, 0.05) is 19.6 Å². The summed E-state index contributed by atoms with van der Waals surface area (Å²) in [7, 11) is 0. The minimum absolute atomic E-state index is 0.173. The quantitative estimate of drug-likeness (QED) is 0.893. The number of benzene rings is 1. The van der Waals surface area contributed by atoms with E-state index in [1.807, 2.05) is 42.5 Å². The second kappa shape index (κ2) is 10.5. The molecule has 1 heterocycles. The molecule has 0 radical (unpaired) electrons. The van der Waals surface area contributed by atoms with Gasteiger partial charge in [0.25, 0.3) is 0 Å². The lowest BCUT2D eigenvalue weighted by atomic mass is 10.1. The zero-order valence-corrected chi connectivity index (χ0v) is 14.3. The third-order valence-corrected chi connectivity index (χ3v) is 4.08. The van der Waals surface area contributed by atoms with Crippen molar-refractivity contribution in [2.45, 2.75) is 38.5 Å². The molecule has 0 aromatic heterocycles. The Morgan fingerprint density at radius 1 is 1.08 bits per heavy atom. The first-order chi connectivity index (χ1) is 11.8. The first-order valence-electron chi connectivity index (χ1n) is 8.83. The fourth-order valence-corrected chi connectivity index (χ4v) is 2.71. The summed E-state index contributed by atoms with van der Waals surface area (Å²) in [6.45, 7) is 1.98. The van der Waals surface area contributed by atoms with Crippen LogP contribution in [0.25, 0.3) is 6.08 Å². The van der Waals surface area contributed by atoms with Crippen LogP contribution in [0.4, 0.5) is 4.79 Å². The molecule has 0 saturated carbocycles. The molecule has 0 unspecified atom stereocenters. The molecular weight excluding hydrogens is 300 g/mol. The second-order valence-corrected chi connectivity index (χ2v) is 6.08. The van der Waals surface area contributed by atoms with Gasteiger partial charge in [-0.2, -0.15) is 0 Å². The van der Waals surface area contributed by atoms with Gasteiger partial charge >= 0.3 is 6.03 Å². The lowest BCUT2D eigenvalue weighted by molar-refractivity contribution is 0.207. The molecule has 1 aliphatic heterocycles. The predicted molar refractivity (Wildman–Crippen MR) is 99.8 cm³/mol. The van der Waals surface area contributed by atoms with Crippen LogP contribution in [0.1, 0.15) is 44.1 Å². The molecule has 3 N–H and O–H groups in total. The Balaban J connectivity index is 1.95. The average molecular weight is 328 g/mol. The topological polar surface area (TPSA) is 70.7 Å². The minimum Gasteiger partial charge on any atom is -0.370 e. The summed E-state index contributed by atoms with van der Waals surface area (Å²) in [6.07, 6.45) is 10.9. The molecule has 0 atom stereocenters. The molecule has 5 nitrogen and oxygen atoms in total. The summed E-state index contributed by atoms with van der Waals surface area (Å²) < 4.78 is 0. The van der Waals surface area contributed by atoms with Crippen molar-refractivity contribution in [1.29, 1.82) is 0 Å². The Morgan fingerprint density at radius 3 is 2.58 bits per heavy atom. The second-order valence-electron chi connectivity index (χ2n) is 6.08. The Hall–Kier alpha value is -2.30. The third-order valence-electron chi connectivity index (χ3n) is 4.08. The summed E-state index contributed by atoms with van der Waals surface area (Å²) in [5, 5.41) is 2.70. The van der Waals surface area contributed by atoms with E-state index in [1.54, 1.807) is 4.90 Å². The van der Waals surface area contributed by atoms with E-state index in [1.165, 1.54) is 19.3 Å². The number of nitrogens with one attached hydrogen (secondary N) is 1. The summed E-state index contributed by atoms with van der Waals surface area (Å²) >= 11 is 0.